The van der Waals surface area contributed by atoms with Gasteiger partial charge in [0.05, 0.1) is 5.69 Å². The van der Waals surface area contributed by atoms with Gasteiger partial charge >= 0.3 is 0 Å². The average molecular weight is 222 g/mol. The molecule has 0 spiro atoms. The normalized spacial score (nSPS) is 17.7. The minimum Gasteiger partial charge on any atom is -0.272 e. The fraction of sp³-hybridized carbons (Fsp3) is 0.750. The zero-order valence-corrected chi connectivity index (χ0v) is 10.2. The van der Waals surface area contributed by atoms with Crippen LogP contribution < -0.4 is 11.3 Å². The molecule has 1 aliphatic carbocycles. The molecule has 1 saturated carbocycles. The summed E-state index contributed by atoms with van der Waals surface area (Å²) in [4.78, 5) is 0. The summed E-state index contributed by atoms with van der Waals surface area (Å²) in [6.07, 6.45) is 5.93. The highest BCUT2D eigenvalue weighted by atomic mass is 15.3. The number of nitrogens with two attached hydrogens (primary N) is 1. The minimum atomic E-state index is 0.396. The third-order valence-electron chi connectivity index (χ3n) is 3.40. The lowest BCUT2D eigenvalue weighted by atomic mass is 10.1. The van der Waals surface area contributed by atoms with Crippen LogP contribution in [0.3, 0.4) is 0 Å². The molecule has 1 aliphatic rings. The molecule has 1 unspecified atom stereocenters. The topological polar surface area (TPSA) is 55.9 Å². The van der Waals surface area contributed by atoms with E-state index in [1.54, 1.807) is 0 Å². The molecule has 1 aromatic heterocycles. The molecule has 1 fully saturated rings. The van der Waals surface area contributed by atoms with E-state index >= 15 is 0 Å². The molecule has 3 N–H and O–H groups in total. The summed E-state index contributed by atoms with van der Waals surface area (Å²) in [7, 11) is 2.01. The van der Waals surface area contributed by atoms with Gasteiger partial charge in [-0.2, -0.15) is 5.10 Å². The fourth-order valence-corrected chi connectivity index (χ4v) is 2.15. The molecule has 0 aliphatic heterocycles. The lowest BCUT2D eigenvalue weighted by Crippen LogP contribution is -2.37. The Kier molecular flexibility index (Phi) is 3.61. The molecule has 4 heteroatoms. The zero-order valence-electron chi connectivity index (χ0n) is 10.2. The van der Waals surface area contributed by atoms with Crippen LogP contribution in [0.1, 0.15) is 37.6 Å². The summed E-state index contributed by atoms with van der Waals surface area (Å²) < 4.78 is 1.98. The third kappa shape index (κ3) is 2.83. The van der Waals surface area contributed by atoms with Gasteiger partial charge in [-0.1, -0.05) is 19.8 Å². The molecule has 0 saturated heterocycles. The van der Waals surface area contributed by atoms with Crippen LogP contribution in [-0.4, -0.2) is 15.8 Å². The van der Waals surface area contributed by atoms with E-state index in [-0.39, 0.29) is 0 Å². The summed E-state index contributed by atoms with van der Waals surface area (Å²) in [5, 5.41) is 4.46. The zero-order chi connectivity index (χ0) is 11.5. The Hall–Kier alpha value is -0.870. The molecule has 0 radical (unpaired) electrons. The predicted octanol–water partition coefficient (Wildman–Crippen LogP) is 1.16. The van der Waals surface area contributed by atoms with Gasteiger partial charge in [0.2, 0.25) is 0 Å². The molecule has 2 rings (SSSR count). The van der Waals surface area contributed by atoms with Gasteiger partial charge in [-0.3, -0.25) is 16.0 Å². The number of nitrogens with zero attached hydrogens (tertiary/aromatic N) is 2. The van der Waals surface area contributed by atoms with Crippen molar-refractivity contribution in [1.82, 2.24) is 15.2 Å². The molecular formula is C12H22N4. The molecule has 90 valence electrons. The lowest BCUT2D eigenvalue weighted by Gasteiger charge is -2.15. The molecule has 1 atom stereocenters. The predicted molar refractivity (Wildman–Crippen MR) is 64.7 cm³/mol. The van der Waals surface area contributed by atoms with Gasteiger partial charge in [0, 0.05) is 25.2 Å². The standard InChI is InChI=1S/C12H22N4/c1-3-10-7-12(16(2)15-10)8-11(14-13)6-9-4-5-9/h7,9,11,14H,3-6,8,13H2,1-2H3. The van der Waals surface area contributed by atoms with Crippen LogP contribution in [0.5, 0.6) is 0 Å². The maximum absolute atomic E-state index is 5.61. The average Bonchev–Trinajstić information content (AvgIpc) is 3.02. The van der Waals surface area contributed by atoms with Gasteiger partial charge < -0.3 is 0 Å². The molecule has 4 nitrogen and oxygen atoms in total. The van der Waals surface area contributed by atoms with E-state index in [1.807, 2.05) is 11.7 Å². The first-order valence-electron chi connectivity index (χ1n) is 6.20. The van der Waals surface area contributed by atoms with Crippen LogP contribution >= 0.6 is 0 Å². The van der Waals surface area contributed by atoms with E-state index < -0.39 is 0 Å². The summed E-state index contributed by atoms with van der Waals surface area (Å²) >= 11 is 0. The van der Waals surface area contributed by atoms with Crippen molar-refractivity contribution in [1.29, 1.82) is 0 Å². The Bertz CT molecular complexity index is 341. The van der Waals surface area contributed by atoms with Gasteiger partial charge in [0.1, 0.15) is 0 Å². The second-order valence-corrected chi connectivity index (χ2v) is 4.85. The smallest absolute Gasteiger partial charge is 0.0624 e. The number of nitrogens with one attached hydrogen (secondary N) is 1. The van der Waals surface area contributed by atoms with Crippen molar-refractivity contribution < 1.29 is 0 Å². The summed E-state index contributed by atoms with van der Waals surface area (Å²) in [6, 6.07) is 2.59. The summed E-state index contributed by atoms with van der Waals surface area (Å²) in [6.45, 7) is 2.13. The Morgan fingerprint density at radius 3 is 2.88 bits per heavy atom. The molecular weight excluding hydrogens is 200 g/mol. The van der Waals surface area contributed by atoms with Crippen LogP contribution in [-0.2, 0) is 19.9 Å². The van der Waals surface area contributed by atoms with Crippen molar-refractivity contribution >= 4 is 0 Å². The lowest BCUT2D eigenvalue weighted by molar-refractivity contribution is 0.454. The van der Waals surface area contributed by atoms with Gasteiger partial charge in [0.25, 0.3) is 0 Å². The molecule has 1 heterocycles. The van der Waals surface area contributed by atoms with E-state index in [9.17, 15) is 0 Å². The van der Waals surface area contributed by atoms with Crippen molar-refractivity contribution in [3.05, 3.63) is 17.5 Å². The Balaban J connectivity index is 1.96. The summed E-state index contributed by atoms with van der Waals surface area (Å²) in [5.41, 5.74) is 5.38. The van der Waals surface area contributed by atoms with E-state index in [1.165, 1.54) is 30.7 Å². The van der Waals surface area contributed by atoms with Crippen LogP contribution in [0, 0.1) is 5.92 Å². The van der Waals surface area contributed by atoms with Crippen molar-refractivity contribution in [2.75, 3.05) is 0 Å². The second kappa shape index (κ2) is 4.97. The molecule has 0 bridgehead atoms. The van der Waals surface area contributed by atoms with Crippen molar-refractivity contribution in [2.24, 2.45) is 18.8 Å². The number of hydrogen-bond acceptors (Lipinski definition) is 3. The van der Waals surface area contributed by atoms with Crippen molar-refractivity contribution in [3.8, 4) is 0 Å². The molecule has 16 heavy (non-hydrogen) atoms. The van der Waals surface area contributed by atoms with Crippen LogP contribution in [0.2, 0.25) is 0 Å². The molecule has 1 aromatic rings. The number of aryl methyl sites for hydroxylation is 2. The van der Waals surface area contributed by atoms with E-state index in [4.69, 9.17) is 5.84 Å². The third-order valence-corrected chi connectivity index (χ3v) is 3.40. The highest BCUT2D eigenvalue weighted by Crippen LogP contribution is 2.33. The first kappa shape index (κ1) is 11.6. The largest absolute Gasteiger partial charge is 0.272 e. The van der Waals surface area contributed by atoms with Crippen molar-refractivity contribution in [2.45, 2.75) is 45.1 Å². The van der Waals surface area contributed by atoms with Gasteiger partial charge in [-0.25, -0.2) is 0 Å². The quantitative estimate of drug-likeness (QED) is 0.561. The Morgan fingerprint density at radius 1 is 1.62 bits per heavy atom. The number of rotatable bonds is 6. The van der Waals surface area contributed by atoms with Crippen molar-refractivity contribution in [3.63, 3.8) is 0 Å². The molecule has 0 aromatic carbocycles. The van der Waals surface area contributed by atoms with Gasteiger partial charge in [-0.05, 0) is 24.8 Å². The van der Waals surface area contributed by atoms with E-state index in [2.05, 4.69) is 23.5 Å². The number of hydrogen-bond donors (Lipinski definition) is 2. The monoisotopic (exact) mass is 222 g/mol. The van der Waals surface area contributed by atoms with Crippen LogP contribution in [0.15, 0.2) is 6.07 Å². The highest BCUT2D eigenvalue weighted by molar-refractivity contribution is 5.11. The van der Waals surface area contributed by atoms with Gasteiger partial charge in [0.15, 0.2) is 0 Å². The maximum atomic E-state index is 5.61. The number of hydrazine groups is 1. The van der Waals surface area contributed by atoms with Crippen LogP contribution in [0.25, 0.3) is 0 Å². The Morgan fingerprint density at radius 2 is 2.38 bits per heavy atom. The number of aromatic nitrogens is 2. The Labute approximate surface area is 97.2 Å². The van der Waals surface area contributed by atoms with Crippen LogP contribution in [0.4, 0.5) is 0 Å². The maximum Gasteiger partial charge on any atom is 0.0624 e. The first-order valence-corrected chi connectivity index (χ1v) is 6.20. The van der Waals surface area contributed by atoms with Gasteiger partial charge in [-0.15, -0.1) is 0 Å². The first-order chi connectivity index (χ1) is 7.72. The minimum absolute atomic E-state index is 0.396. The van der Waals surface area contributed by atoms with E-state index in [0.29, 0.717) is 6.04 Å². The summed E-state index contributed by atoms with van der Waals surface area (Å²) in [5.74, 6) is 6.51. The second-order valence-electron chi connectivity index (χ2n) is 4.85. The molecule has 0 amide bonds. The highest BCUT2D eigenvalue weighted by Gasteiger charge is 2.25. The van der Waals surface area contributed by atoms with E-state index in [0.717, 1.165) is 18.8 Å². The fourth-order valence-electron chi connectivity index (χ4n) is 2.15. The SMILES string of the molecule is CCc1cc(CC(CC2CC2)NN)n(C)n1.